The van der Waals surface area contributed by atoms with E-state index >= 15 is 0 Å². The Hall–Kier alpha value is -0.0800. The summed E-state index contributed by atoms with van der Waals surface area (Å²) in [4.78, 5) is 0. The van der Waals surface area contributed by atoms with Crippen molar-refractivity contribution in [3.05, 3.63) is 0 Å². The van der Waals surface area contributed by atoms with Crippen molar-refractivity contribution in [2.24, 2.45) is 5.92 Å². The molecule has 0 amide bonds. The first-order valence-corrected chi connectivity index (χ1v) is 6.62. The fourth-order valence-electron chi connectivity index (χ4n) is 3.27. The molecule has 2 nitrogen and oxygen atoms in total. The zero-order valence-corrected chi connectivity index (χ0v) is 10.2. The molecule has 2 rings (SSSR count). The molecule has 2 fully saturated rings. The third-order valence-electron chi connectivity index (χ3n) is 4.17. The minimum atomic E-state index is 0.506. The van der Waals surface area contributed by atoms with Crippen LogP contribution >= 0.6 is 0 Å². The first-order chi connectivity index (χ1) is 7.29. The summed E-state index contributed by atoms with van der Waals surface area (Å²) >= 11 is 0. The largest absolute Gasteiger partial charge is 0.375 e. The van der Waals surface area contributed by atoms with Gasteiger partial charge in [0.05, 0.1) is 12.2 Å². The number of hydrogen-bond acceptors (Lipinski definition) is 2. The van der Waals surface area contributed by atoms with Crippen molar-refractivity contribution in [3.63, 3.8) is 0 Å². The highest BCUT2D eigenvalue weighted by molar-refractivity contribution is 4.83. The second kappa shape index (κ2) is 5.31. The highest BCUT2D eigenvalue weighted by Crippen LogP contribution is 2.32. The zero-order chi connectivity index (χ0) is 10.7. The van der Waals surface area contributed by atoms with Crippen LogP contribution in [0.3, 0.4) is 0 Å². The van der Waals surface area contributed by atoms with E-state index in [0.717, 1.165) is 12.0 Å². The van der Waals surface area contributed by atoms with Gasteiger partial charge < -0.3 is 10.1 Å². The summed E-state index contributed by atoms with van der Waals surface area (Å²) in [6, 6.07) is 0.748. The third kappa shape index (κ3) is 2.94. The molecule has 0 spiro atoms. The highest BCUT2D eigenvalue weighted by Gasteiger charge is 2.29. The molecule has 0 radical (unpaired) electrons. The van der Waals surface area contributed by atoms with Crippen LogP contribution in [0.1, 0.15) is 51.9 Å². The van der Waals surface area contributed by atoms with E-state index in [9.17, 15) is 0 Å². The Kier molecular flexibility index (Phi) is 4.04. The van der Waals surface area contributed by atoms with Crippen LogP contribution in [0, 0.1) is 5.92 Å². The molecule has 2 heteroatoms. The summed E-state index contributed by atoms with van der Waals surface area (Å²) < 4.78 is 5.93. The molecular formula is C13H25NO. The molecule has 4 unspecified atom stereocenters. The SMILES string of the molecule is CNC1CCCCC1CC1CCC(C)O1. The first-order valence-electron chi connectivity index (χ1n) is 6.62. The molecule has 1 saturated carbocycles. The lowest BCUT2D eigenvalue weighted by Gasteiger charge is -2.32. The van der Waals surface area contributed by atoms with Crippen LogP contribution in [0.15, 0.2) is 0 Å². The van der Waals surface area contributed by atoms with Crippen LogP contribution in [-0.4, -0.2) is 25.3 Å². The van der Waals surface area contributed by atoms with Crippen LogP contribution < -0.4 is 5.32 Å². The number of rotatable bonds is 3. The fraction of sp³-hybridized carbons (Fsp3) is 1.00. The van der Waals surface area contributed by atoms with Crippen LogP contribution in [0.2, 0.25) is 0 Å². The van der Waals surface area contributed by atoms with Gasteiger partial charge in [-0.3, -0.25) is 0 Å². The molecule has 1 heterocycles. The van der Waals surface area contributed by atoms with Crippen molar-refractivity contribution in [1.29, 1.82) is 0 Å². The minimum absolute atomic E-state index is 0.506. The Morgan fingerprint density at radius 3 is 2.60 bits per heavy atom. The Morgan fingerprint density at radius 2 is 1.93 bits per heavy atom. The van der Waals surface area contributed by atoms with Gasteiger partial charge in [-0.1, -0.05) is 12.8 Å². The third-order valence-corrected chi connectivity index (χ3v) is 4.17. The van der Waals surface area contributed by atoms with E-state index < -0.39 is 0 Å². The van der Waals surface area contributed by atoms with Gasteiger partial charge in [-0.15, -0.1) is 0 Å². The summed E-state index contributed by atoms with van der Waals surface area (Å²) in [6.45, 7) is 2.20. The molecule has 1 aliphatic heterocycles. The lowest BCUT2D eigenvalue weighted by Crippen LogP contribution is -2.37. The van der Waals surface area contributed by atoms with Crippen molar-refractivity contribution in [1.82, 2.24) is 5.32 Å². The molecule has 15 heavy (non-hydrogen) atoms. The highest BCUT2D eigenvalue weighted by atomic mass is 16.5. The molecule has 1 aliphatic carbocycles. The van der Waals surface area contributed by atoms with Crippen molar-refractivity contribution in [2.45, 2.75) is 70.1 Å². The predicted octanol–water partition coefficient (Wildman–Crippen LogP) is 2.72. The van der Waals surface area contributed by atoms with Crippen LogP contribution in [-0.2, 0) is 4.74 Å². The van der Waals surface area contributed by atoms with E-state index in [-0.39, 0.29) is 0 Å². The molecular weight excluding hydrogens is 186 g/mol. The van der Waals surface area contributed by atoms with E-state index in [4.69, 9.17) is 4.74 Å². The van der Waals surface area contributed by atoms with Crippen molar-refractivity contribution in [3.8, 4) is 0 Å². The molecule has 2 aliphatic rings. The Balaban J connectivity index is 1.81. The second-order valence-electron chi connectivity index (χ2n) is 5.32. The number of ether oxygens (including phenoxy) is 1. The topological polar surface area (TPSA) is 21.3 Å². The van der Waals surface area contributed by atoms with Gasteiger partial charge in [0.1, 0.15) is 0 Å². The van der Waals surface area contributed by atoms with Gasteiger partial charge in [-0.2, -0.15) is 0 Å². The van der Waals surface area contributed by atoms with Crippen molar-refractivity contribution >= 4 is 0 Å². The van der Waals surface area contributed by atoms with Crippen LogP contribution in [0.25, 0.3) is 0 Å². The molecule has 88 valence electrons. The molecule has 1 saturated heterocycles. The van der Waals surface area contributed by atoms with Gasteiger partial charge in [0.2, 0.25) is 0 Å². The fourth-order valence-corrected chi connectivity index (χ4v) is 3.27. The van der Waals surface area contributed by atoms with Gasteiger partial charge in [0.25, 0.3) is 0 Å². The molecule has 0 aromatic rings. The van der Waals surface area contributed by atoms with Crippen molar-refractivity contribution in [2.75, 3.05) is 7.05 Å². The van der Waals surface area contributed by atoms with Crippen molar-refractivity contribution < 1.29 is 4.74 Å². The molecule has 0 aromatic heterocycles. The van der Waals surface area contributed by atoms with Gasteiger partial charge in [-0.25, -0.2) is 0 Å². The molecule has 4 atom stereocenters. The second-order valence-corrected chi connectivity index (χ2v) is 5.32. The van der Waals surface area contributed by atoms with Gasteiger partial charge >= 0.3 is 0 Å². The standard InChI is InChI=1S/C13H25NO/c1-10-7-8-12(15-10)9-11-5-3-4-6-13(11)14-2/h10-14H,3-9H2,1-2H3. The van der Waals surface area contributed by atoms with E-state index in [1.807, 2.05) is 0 Å². The quantitative estimate of drug-likeness (QED) is 0.775. The minimum Gasteiger partial charge on any atom is -0.375 e. The predicted molar refractivity (Wildman–Crippen MR) is 63.0 cm³/mol. The Labute approximate surface area is 93.8 Å². The average molecular weight is 211 g/mol. The summed E-state index contributed by atoms with van der Waals surface area (Å²) in [5.41, 5.74) is 0. The summed E-state index contributed by atoms with van der Waals surface area (Å²) in [6.07, 6.45) is 10.5. The Bertz CT molecular complexity index is 195. The smallest absolute Gasteiger partial charge is 0.0583 e. The maximum Gasteiger partial charge on any atom is 0.0583 e. The summed E-state index contributed by atoms with van der Waals surface area (Å²) in [5, 5.41) is 3.48. The lowest BCUT2D eigenvalue weighted by molar-refractivity contribution is 0.0328. The lowest BCUT2D eigenvalue weighted by atomic mass is 9.81. The average Bonchev–Trinajstić information content (AvgIpc) is 2.65. The normalized spacial score (nSPS) is 42.0. The van der Waals surface area contributed by atoms with E-state index in [1.54, 1.807) is 0 Å². The number of hydrogen-bond donors (Lipinski definition) is 1. The van der Waals surface area contributed by atoms with E-state index in [0.29, 0.717) is 12.2 Å². The van der Waals surface area contributed by atoms with Gasteiger partial charge in [0.15, 0.2) is 0 Å². The Morgan fingerprint density at radius 1 is 1.13 bits per heavy atom. The maximum absolute atomic E-state index is 5.93. The zero-order valence-electron chi connectivity index (χ0n) is 10.2. The van der Waals surface area contributed by atoms with Gasteiger partial charge in [-0.05, 0) is 52.0 Å². The molecule has 1 N–H and O–H groups in total. The molecule has 0 bridgehead atoms. The maximum atomic E-state index is 5.93. The van der Waals surface area contributed by atoms with E-state index in [1.165, 1.54) is 44.9 Å². The first kappa shape index (κ1) is 11.4. The summed E-state index contributed by atoms with van der Waals surface area (Å²) in [5.74, 6) is 0.860. The van der Waals surface area contributed by atoms with Gasteiger partial charge in [0, 0.05) is 6.04 Å². The number of nitrogens with one attached hydrogen (secondary N) is 1. The van der Waals surface area contributed by atoms with Crippen LogP contribution in [0.4, 0.5) is 0 Å². The molecule has 0 aromatic carbocycles. The van der Waals surface area contributed by atoms with Crippen LogP contribution in [0.5, 0.6) is 0 Å². The monoisotopic (exact) mass is 211 g/mol. The summed E-state index contributed by atoms with van der Waals surface area (Å²) in [7, 11) is 2.11. The van der Waals surface area contributed by atoms with E-state index in [2.05, 4.69) is 19.3 Å².